The first-order valence-electron chi connectivity index (χ1n) is 6.24. The van der Waals surface area contributed by atoms with Crippen molar-refractivity contribution < 1.29 is 4.79 Å². The lowest BCUT2D eigenvalue weighted by molar-refractivity contribution is 0.0703. The smallest absolute Gasteiger partial charge is 0.254 e. The number of likely N-dealkylation sites (tertiary alicyclic amines) is 1. The maximum Gasteiger partial charge on any atom is 0.254 e. The fourth-order valence-electron chi connectivity index (χ4n) is 3.08. The molecule has 1 saturated carbocycles. The summed E-state index contributed by atoms with van der Waals surface area (Å²) >= 11 is 3.42. The van der Waals surface area contributed by atoms with Crippen LogP contribution < -0.4 is 0 Å². The number of nitrogens with zero attached hydrogens (tertiary/aromatic N) is 1. The van der Waals surface area contributed by atoms with Crippen LogP contribution in [0.5, 0.6) is 0 Å². The first-order chi connectivity index (χ1) is 8.28. The predicted octanol–water partition coefficient (Wildman–Crippen LogP) is 3.21. The number of rotatable bonds is 2. The molecule has 2 atom stereocenters. The van der Waals surface area contributed by atoms with Crippen molar-refractivity contribution in [1.29, 1.82) is 0 Å². The first kappa shape index (κ1) is 11.3. The van der Waals surface area contributed by atoms with Crippen molar-refractivity contribution in [3.05, 3.63) is 35.4 Å². The zero-order valence-corrected chi connectivity index (χ0v) is 11.3. The third-order valence-electron chi connectivity index (χ3n) is 4.03. The number of carbonyl (C=O) groups excluding carboxylic acids is 1. The molecule has 3 rings (SSSR count). The van der Waals surface area contributed by atoms with Crippen LogP contribution in [0.3, 0.4) is 0 Å². The topological polar surface area (TPSA) is 20.3 Å². The number of hydrogen-bond acceptors (Lipinski definition) is 1. The Kier molecular flexibility index (Phi) is 2.95. The molecule has 1 amide bonds. The molecule has 0 aromatic heterocycles. The molecule has 2 nitrogen and oxygen atoms in total. The van der Waals surface area contributed by atoms with Gasteiger partial charge in [0.05, 0.1) is 0 Å². The van der Waals surface area contributed by atoms with E-state index in [0.29, 0.717) is 6.04 Å². The SMILES string of the molecule is O=C(c1ccc(CBr)cc1)N1CC2CCC1C2. The van der Waals surface area contributed by atoms with Gasteiger partial charge in [-0.2, -0.15) is 0 Å². The Labute approximate surface area is 110 Å². The molecule has 0 spiro atoms. The highest BCUT2D eigenvalue weighted by atomic mass is 79.9. The molecule has 2 bridgehead atoms. The van der Waals surface area contributed by atoms with E-state index in [-0.39, 0.29) is 5.91 Å². The van der Waals surface area contributed by atoms with Crippen molar-refractivity contribution in [2.24, 2.45) is 5.92 Å². The van der Waals surface area contributed by atoms with Crippen molar-refractivity contribution in [3.63, 3.8) is 0 Å². The van der Waals surface area contributed by atoms with Crippen molar-refractivity contribution in [3.8, 4) is 0 Å². The molecule has 3 heteroatoms. The summed E-state index contributed by atoms with van der Waals surface area (Å²) < 4.78 is 0. The summed E-state index contributed by atoms with van der Waals surface area (Å²) in [6, 6.07) is 8.46. The molecule has 1 heterocycles. The quantitative estimate of drug-likeness (QED) is 0.767. The minimum absolute atomic E-state index is 0.221. The molecule has 1 aliphatic heterocycles. The van der Waals surface area contributed by atoms with Crippen LogP contribution in [0.25, 0.3) is 0 Å². The lowest BCUT2D eigenvalue weighted by Crippen LogP contribution is -2.37. The fourth-order valence-corrected chi connectivity index (χ4v) is 3.45. The third kappa shape index (κ3) is 2.01. The van der Waals surface area contributed by atoms with Crippen molar-refractivity contribution in [2.75, 3.05) is 6.54 Å². The van der Waals surface area contributed by atoms with Gasteiger partial charge >= 0.3 is 0 Å². The maximum absolute atomic E-state index is 12.4. The van der Waals surface area contributed by atoms with Gasteiger partial charge in [-0.05, 0) is 42.9 Å². The lowest BCUT2D eigenvalue weighted by Gasteiger charge is -2.27. The fraction of sp³-hybridized carbons (Fsp3) is 0.500. The second-order valence-corrected chi connectivity index (χ2v) is 5.68. The van der Waals surface area contributed by atoms with E-state index in [4.69, 9.17) is 0 Å². The van der Waals surface area contributed by atoms with E-state index < -0.39 is 0 Å². The van der Waals surface area contributed by atoms with Gasteiger partial charge in [-0.1, -0.05) is 28.1 Å². The van der Waals surface area contributed by atoms with E-state index >= 15 is 0 Å². The standard InChI is InChI=1S/C14H16BrNO/c15-8-10-1-4-12(5-2-10)14(17)16-9-11-3-6-13(16)7-11/h1-2,4-5,11,13H,3,6-9H2. The van der Waals surface area contributed by atoms with Gasteiger partial charge in [0.15, 0.2) is 0 Å². The zero-order chi connectivity index (χ0) is 11.8. The minimum Gasteiger partial charge on any atom is -0.335 e. The minimum atomic E-state index is 0.221. The molecule has 0 N–H and O–H groups in total. The highest BCUT2D eigenvalue weighted by molar-refractivity contribution is 9.08. The third-order valence-corrected chi connectivity index (χ3v) is 4.67. The Morgan fingerprint density at radius 1 is 1.29 bits per heavy atom. The van der Waals surface area contributed by atoms with Gasteiger partial charge in [0.1, 0.15) is 0 Å². The van der Waals surface area contributed by atoms with Gasteiger partial charge in [-0.3, -0.25) is 4.79 Å². The lowest BCUT2D eigenvalue weighted by atomic mass is 10.1. The van der Waals surface area contributed by atoms with E-state index in [1.54, 1.807) is 0 Å². The zero-order valence-electron chi connectivity index (χ0n) is 9.73. The summed E-state index contributed by atoms with van der Waals surface area (Å²) in [5.41, 5.74) is 2.05. The van der Waals surface area contributed by atoms with E-state index in [2.05, 4.69) is 20.8 Å². The predicted molar refractivity (Wildman–Crippen MR) is 71.2 cm³/mol. The van der Waals surface area contributed by atoms with Crippen molar-refractivity contribution in [1.82, 2.24) is 4.90 Å². The number of carbonyl (C=O) groups is 1. The highest BCUT2D eigenvalue weighted by Crippen LogP contribution is 2.38. The summed E-state index contributed by atoms with van der Waals surface area (Å²) in [6.45, 7) is 0.976. The Morgan fingerprint density at radius 3 is 2.59 bits per heavy atom. The van der Waals surface area contributed by atoms with Gasteiger partial charge in [0.2, 0.25) is 0 Å². The van der Waals surface area contributed by atoms with Crippen LogP contribution >= 0.6 is 15.9 Å². The number of fused-ring (bicyclic) bond motifs is 2. The molecule has 1 aliphatic carbocycles. The average molecular weight is 294 g/mol. The van der Waals surface area contributed by atoms with Gasteiger partial charge in [-0.15, -0.1) is 0 Å². The normalized spacial score (nSPS) is 26.5. The molecule has 1 saturated heterocycles. The number of halogens is 1. The Morgan fingerprint density at radius 2 is 2.06 bits per heavy atom. The van der Waals surface area contributed by atoms with E-state index in [9.17, 15) is 4.79 Å². The molecule has 2 aliphatic rings. The van der Waals surface area contributed by atoms with Crippen LogP contribution in [-0.2, 0) is 5.33 Å². The van der Waals surface area contributed by atoms with Gasteiger partial charge < -0.3 is 4.90 Å². The number of alkyl halides is 1. The summed E-state index contributed by atoms with van der Waals surface area (Å²) in [7, 11) is 0. The van der Waals surface area contributed by atoms with Crippen molar-refractivity contribution >= 4 is 21.8 Å². The molecule has 90 valence electrons. The summed E-state index contributed by atoms with van der Waals surface area (Å²) in [5, 5.41) is 0.843. The van der Waals surface area contributed by atoms with Crippen LogP contribution in [-0.4, -0.2) is 23.4 Å². The second kappa shape index (κ2) is 4.45. The summed E-state index contributed by atoms with van der Waals surface area (Å²) in [5.74, 6) is 0.990. The van der Waals surface area contributed by atoms with Crippen molar-refractivity contribution in [2.45, 2.75) is 30.6 Å². The van der Waals surface area contributed by atoms with Crippen LogP contribution in [0.4, 0.5) is 0 Å². The average Bonchev–Trinajstić information content (AvgIpc) is 3.00. The van der Waals surface area contributed by atoms with Crippen LogP contribution in [0, 0.1) is 5.92 Å². The van der Waals surface area contributed by atoms with E-state index in [1.165, 1.54) is 24.8 Å². The van der Waals surface area contributed by atoms with Crippen LogP contribution in [0.1, 0.15) is 35.2 Å². The van der Waals surface area contributed by atoms with Gasteiger partial charge in [-0.25, -0.2) is 0 Å². The maximum atomic E-state index is 12.4. The molecular formula is C14H16BrNO. The highest BCUT2D eigenvalue weighted by Gasteiger charge is 2.40. The molecule has 1 aromatic carbocycles. The number of amides is 1. The molecule has 0 radical (unpaired) electrons. The molecule has 17 heavy (non-hydrogen) atoms. The monoisotopic (exact) mass is 293 g/mol. The molecule has 2 fully saturated rings. The Bertz CT molecular complexity index is 428. The Balaban J connectivity index is 1.77. The molecule has 1 aromatic rings. The molecular weight excluding hydrogens is 278 g/mol. The second-order valence-electron chi connectivity index (χ2n) is 5.12. The first-order valence-corrected chi connectivity index (χ1v) is 7.36. The summed E-state index contributed by atoms with van der Waals surface area (Å²) in [4.78, 5) is 14.4. The van der Waals surface area contributed by atoms with E-state index in [0.717, 1.165) is 23.4 Å². The molecule has 2 unspecified atom stereocenters. The Hall–Kier alpha value is -0.830. The number of benzene rings is 1. The number of piperidine rings is 1. The van der Waals surface area contributed by atoms with Gasteiger partial charge in [0.25, 0.3) is 5.91 Å². The van der Waals surface area contributed by atoms with Crippen LogP contribution in [0.2, 0.25) is 0 Å². The van der Waals surface area contributed by atoms with Crippen LogP contribution in [0.15, 0.2) is 24.3 Å². The number of hydrogen-bond donors (Lipinski definition) is 0. The summed E-state index contributed by atoms with van der Waals surface area (Å²) in [6.07, 6.45) is 3.75. The largest absolute Gasteiger partial charge is 0.335 e. The van der Waals surface area contributed by atoms with Gasteiger partial charge in [0, 0.05) is 23.5 Å². The van der Waals surface area contributed by atoms with E-state index in [1.807, 2.05) is 24.3 Å².